The molecule has 0 radical (unpaired) electrons. The van der Waals surface area contributed by atoms with Gasteiger partial charge in [-0.05, 0) is 12.0 Å². The standard InChI is InChI=1S/C15H21NO3/c1-3-14(17)16(12-10-15(18)19-2)11-9-13-7-5-4-6-8-13/h4-8H,3,9-12H2,1-2H3. The molecule has 0 aromatic heterocycles. The first-order chi connectivity index (χ1) is 9.17. The predicted octanol–water partition coefficient (Wildman–Crippen LogP) is 2.03. The number of benzene rings is 1. The summed E-state index contributed by atoms with van der Waals surface area (Å²) in [5.41, 5.74) is 1.19. The lowest BCUT2D eigenvalue weighted by atomic mass is 10.1. The van der Waals surface area contributed by atoms with Gasteiger partial charge < -0.3 is 9.64 Å². The first-order valence-corrected chi connectivity index (χ1v) is 6.56. The maximum absolute atomic E-state index is 11.8. The molecule has 1 aromatic carbocycles. The van der Waals surface area contributed by atoms with Crippen molar-refractivity contribution in [1.29, 1.82) is 0 Å². The highest BCUT2D eigenvalue weighted by Crippen LogP contribution is 2.04. The zero-order valence-electron chi connectivity index (χ0n) is 11.6. The van der Waals surface area contributed by atoms with Crippen molar-refractivity contribution in [2.75, 3.05) is 20.2 Å². The van der Waals surface area contributed by atoms with Crippen molar-refractivity contribution in [2.24, 2.45) is 0 Å². The second-order valence-corrected chi connectivity index (χ2v) is 4.30. The zero-order valence-corrected chi connectivity index (χ0v) is 11.6. The summed E-state index contributed by atoms with van der Waals surface area (Å²) < 4.78 is 4.60. The smallest absolute Gasteiger partial charge is 0.307 e. The third-order valence-electron chi connectivity index (χ3n) is 2.98. The summed E-state index contributed by atoms with van der Waals surface area (Å²) in [6, 6.07) is 10.0. The Morgan fingerprint density at radius 1 is 1.16 bits per heavy atom. The highest BCUT2D eigenvalue weighted by atomic mass is 16.5. The molecule has 104 valence electrons. The fourth-order valence-corrected chi connectivity index (χ4v) is 1.82. The number of hydrogen-bond donors (Lipinski definition) is 0. The lowest BCUT2D eigenvalue weighted by Gasteiger charge is -2.21. The summed E-state index contributed by atoms with van der Waals surface area (Å²) >= 11 is 0. The Labute approximate surface area is 114 Å². The number of nitrogens with zero attached hydrogens (tertiary/aromatic N) is 1. The third-order valence-corrected chi connectivity index (χ3v) is 2.98. The molecule has 0 saturated carbocycles. The Morgan fingerprint density at radius 2 is 1.84 bits per heavy atom. The van der Waals surface area contributed by atoms with Gasteiger partial charge in [-0.15, -0.1) is 0 Å². The number of carbonyl (C=O) groups excluding carboxylic acids is 2. The number of rotatable bonds is 7. The number of methoxy groups -OCH3 is 1. The van der Waals surface area contributed by atoms with Gasteiger partial charge in [0, 0.05) is 19.5 Å². The van der Waals surface area contributed by atoms with Crippen LogP contribution in [-0.4, -0.2) is 37.0 Å². The zero-order chi connectivity index (χ0) is 14.1. The van der Waals surface area contributed by atoms with Gasteiger partial charge in [0.1, 0.15) is 0 Å². The fourth-order valence-electron chi connectivity index (χ4n) is 1.82. The predicted molar refractivity (Wildman–Crippen MR) is 73.7 cm³/mol. The Kier molecular flexibility index (Phi) is 6.64. The average Bonchev–Trinajstić information content (AvgIpc) is 2.47. The summed E-state index contributed by atoms with van der Waals surface area (Å²) in [4.78, 5) is 24.7. The van der Waals surface area contributed by atoms with E-state index in [0.29, 0.717) is 19.5 Å². The van der Waals surface area contributed by atoms with Crippen molar-refractivity contribution in [3.05, 3.63) is 35.9 Å². The van der Waals surface area contributed by atoms with Crippen LogP contribution in [0, 0.1) is 0 Å². The molecule has 1 rings (SSSR count). The van der Waals surface area contributed by atoms with Crippen LogP contribution in [0.5, 0.6) is 0 Å². The SMILES string of the molecule is CCC(=O)N(CCC(=O)OC)CCc1ccccc1. The highest BCUT2D eigenvalue weighted by molar-refractivity contribution is 5.77. The maximum atomic E-state index is 11.8. The van der Waals surface area contributed by atoms with Gasteiger partial charge in [-0.3, -0.25) is 9.59 Å². The van der Waals surface area contributed by atoms with Gasteiger partial charge in [0.2, 0.25) is 5.91 Å². The molecule has 0 fully saturated rings. The Morgan fingerprint density at radius 3 is 2.42 bits per heavy atom. The lowest BCUT2D eigenvalue weighted by Crippen LogP contribution is -2.34. The molecule has 0 heterocycles. The van der Waals surface area contributed by atoms with Gasteiger partial charge in [-0.1, -0.05) is 37.3 Å². The third kappa shape index (κ3) is 5.55. The van der Waals surface area contributed by atoms with E-state index in [1.807, 2.05) is 37.3 Å². The Hall–Kier alpha value is -1.84. The molecule has 0 N–H and O–H groups in total. The number of amides is 1. The molecule has 0 spiro atoms. The highest BCUT2D eigenvalue weighted by Gasteiger charge is 2.13. The summed E-state index contributed by atoms with van der Waals surface area (Å²) in [7, 11) is 1.36. The monoisotopic (exact) mass is 263 g/mol. The molecule has 0 saturated heterocycles. The normalized spacial score (nSPS) is 10.0. The van der Waals surface area contributed by atoms with E-state index < -0.39 is 0 Å². The molecule has 1 aromatic rings. The van der Waals surface area contributed by atoms with Gasteiger partial charge in [0.05, 0.1) is 13.5 Å². The van der Waals surface area contributed by atoms with Gasteiger partial charge in [0.25, 0.3) is 0 Å². The van der Waals surface area contributed by atoms with Crippen LogP contribution >= 0.6 is 0 Å². The fraction of sp³-hybridized carbons (Fsp3) is 0.467. The van der Waals surface area contributed by atoms with Crippen molar-refractivity contribution >= 4 is 11.9 Å². The van der Waals surface area contributed by atoms with E-state index >= 15 is 0 Å². The molecular formula is C15H21NO3. The van der Waals surface area contributed by atoms with E-state index in [0.717, 1.165) is 6.42 Å². The summed E-state index contributed by atoms with van der Waals surface area (Å²) in [5, 5.41) is 0. The Bertz CT molecular complexity index is 403. The van der Waals surface area contributed by atoms with Crippen LogP contribution in [0.25, 0.3) is 0 Å². The maximum Gasteiger partial charge on any atom is 0.307 e. The number of ether oxygens (including phenoxy) is 1. The van der Waals surface area contributed by atoms with Crippen LogP contribution in [-0.2, 0) is 20.7 Å². The summed E-state index contributed by atoms with van der Waals surface area (Å²) in [6.45, 7) is 2.88. The largest absolute Gasteiger partial charge is 0.469 e. The molecular weight excluding hydrogens is 242 g/mol. The van der Waals surface area contributed by atoms with Crippen LogP contribution in [0.3, 0.4) is 0 Å². The van der Waals surface area contributed by atoms with E-state index in [1.54, 1.807) is 4.90 Å². The van der Waals surface area contributed by atoms with Crippen molar-refractivity contribution in [2.45, 2.75) is 26.2 Å². The second kappa shape index (κ2) is 8.29. The van der Waals surface area contributed by atoms with Gasteiger partial charge in [-0.25, -0.2) is 0 Å². The molecule has 0 unspecified atom stereocenters. The van der Waals surface area contributed by atoms with Crippen LogP contribution in [0.1, 0.15) is 25.3 Å². The molecule has 4 nitrogen and oxygen atoms in total. The van der Waals surface area contributed by atoms with Crippen molar-refractivity contribution < 1.29 is 14.3 Å². The first-order valence-electron chi connectivity index (χ1n) is 6.56. The van der Waals surface area contributed by atoms with Gasteiger partial charge in [0.15, 0.2) is 0 Å². The van der Waals surface area contributed by atoms with E-state index in [2.05, 4.69) is 4.74 Å². The molecule has 0 atom stereocenters. The first kappa shape index (κ1) is 15.2. The quantitative estimate of drug-likeness (QED) is 0.707. The van der Waals surface area contributed by atoms with Crippen LogP contribution in [0.15, 0.2) is 30.3 Å². The number of carbonyl (C=O) groups is 2. The van der Waals surface area contributed by atoms with Crippen molar-refractivity contribution in [1.82, 2.24) is 4.90 Å². The van der Waals surface area contributed by atoms with E-state index in [9.17, 15) is 9.59 Å². The topological polar surface area (TPSA) is 46.6 Å². The Balaban J connectivity index is 2.50. The van der Waals surface area contributed by atoms with Crippen LogP contribution in [0.4, 0.5) is 0 Å². The second-order valence-electron chi connectivity index (χ2n) is 4.30. The summed E-state index contributed by atoms with van der Waals surface area (Å²) in [6.07, 6.45) is 1.50. The van der Waals surface area contributed by atoms with Crippen molar-refractivity contribution in [3.63, 3.8) is 0 Å². The molecule has 0 aliphatic heterocycles. The van der Waals surface area contributed by atoms with Gasteiger partial charge >= 0.3 is 5.97 Å². The lowest BCUT2D eigenvalue weighted by molar-refractivity contribution is -0.141. The van der Waals surface area contributed by atoms with Crippen LogP contribution in [0.2, 0.25) is 0 Å². The van der Waals surface area contributed by atoms with Gasteiger partial charge in [-0.2, -0.15) is 0 Å². The van der Waals surface area contributed by atoms with E-state index in [-0.39, 0.29) is 18.3 Å². The minimum absolute atomic E-state index is 0.0693. The molecule has 0 bridgehead atoms. The minimum Gasteiger partial charge on any atom is -0.469 e. The molecule has 0 aliphatic carbocycles. The van der Waals surface area contributed by atoms with Crippen LogP contribution < -0.4 is 0 Å². The summed E-state index contributed by atoms with van der Waals surface area (Å²) in [5.74, 6) is -0.214. The average molecular weight is 263 g/mol. The van der Waals surface area contributed by atoms with E-state index in [4.69, 9.17) is 0 Å². The molecule has 19 heavy (non-hydrogen) atoms. The van der Waals surface area contributed by atoms with E-state index in [1.165, 1.54) is 12.7 Å². The minimum atomic E-state index is -0.284. The van der Waals surface area contributed by atoms with Crippen molar-refractivity contribution in [3.8, 4) is 0 Å². The number of hydrogen-bond acceptors (Lipinski definition) is 3. The number of esters is 1. The molecule has 0 aliphatic rings. The molecule has 1 amide bonds. The molecule has 4 heteroatoms.